The number of hydrogen-bond acceptors (Lipinski definition) is 4. The van der Waals surface area contributed by atoms with Crippen LogP contribution >= 0.6 is 0 Å². The minimum atomic E-state index is 0.368. The monoisotopic (exact) mass is 325 g/mol. The fourth-order valence-corrected chi connectivity index (χ4v) is 3.07. The zero-order chi connectivity index (χ0) is 16.8. The number of aromatic nitrogens is 1. The highest BCUT2D eigenvalue weighted by molar-refractivity contribution is 5.29. The maximum Gasteiger partial charge on any atom is 0.119 e. The molecule has 4 nitrogen and oxygen atoms in total. The van der Waals surface area contributed by atoms with E-state index in [1.165, 1.54) is 11.1 Å². The van der Waals surface area contributed by atoms with Gasteiger partial charge in [-0.2, -0.15) is 0 Å². The van der Waals surface area contributed by atoms with Crippen molar-refractivity contribution >= 4 is 0 Å². The van der Waals surface area contributed by atoms with Gasteiger partial charge in [0, 0.05) is 44.6 Å². The lowest BCUT2D eigenvalue weighted by molar-refractivity contribution is 0.153. The lowest BCUT2D eigenvalue weighted by Gasteiger charge is -2.36. The zero-order valence-electron chi connectivity index (χ0n) is 14.6. The third kappa shape index (κ3) is 4.56. The molecule has 0 bridgehead atoms. The van der Waals surface area contributed by atoms with Gasteiger partial charge in [-0.05, 0) is 35.2 Å². The Hall–Kier alpha value is -1.91. The largest absolute Gasteiger partial charge is 0.493 e. The fraction of sp³-hybridized carbons (Fsp3) is 0.450. The summed E-state index contributed by atoms with van der Waals surface area (Å²) in [7, 11) is 0. The van der Waals surface area contributed by atoms with Crippen LogP contribution in [0.5, 0.6) is 5.75 Å². The summed E-state index contributed by atoms with van der Waals surface area (Å²) in [6.45, 7) is 9.06. The van der Waals surface area contributed by atoms with Crippen LogP contribution < -0.4 is 10.1 Å². The normalized spacial score (nSPS) is 18.7. The van der Waals surface area contributed by atoms with E-state index in [1.54, 1.807) is 0 Å². The van der Waals surface area contributed by atoms with Gasteiger partial charge in [-0.3, -0.25) is 9.88 Å². The number of nitrogens with zero attached hydrogens (tertiary/aromatic N) is 2. The highest BCUT2D eigenvalue weighted by Gasteiger charge is 2.23. The highest BCUT2D eigenvalue weighted by atomic mass is 16.5. The van der Waals surface area contributed by atoms with Gasteiger partial charge >= 0.3 is 0 Å². The van der Waals surface area contributed by atoms with Crippen molar-refractivity contribution < 1.29 is 4.74 Å². The fourth-order valence-electron chi connectivity index (χ4n) is 3.07. The van der Waals surface area contributed by atoms with E-state index in [9.17, 15) is 0 Å². The molecule has 128 valence electrons. The van der Waals surface area contributed by atoms with Crippen molar-refractivity contribution in [1.29, 1.82) is 0 Å². The summed E-state index contributed by atoms with van der Waals surface area (Å²) in [6, 6.07) is 13.0. The second-order valence-corrected chi connectivity index (χ2v) is 6.83. The molecule has 1 atom stereocenters. The molecule has 0 radical (unpaired) electrons. The average Bonchev–Trinajstić information content (AvgIpc) is 2.62. The Morgan fingerprint density at radius 3 is 3.00 bits per heavy atom. The minimum Gasteiger partial charge on any atom is -0.493 e. The molecule has 0 saturated carbocycles. The Bertz CT molecular complexity index is 630. The van der Waals surface area contributed by atoms with Crippen molar-refractivity contribution in [3.05, 3.63) is 59.9 Å². The van der Waals surface area contributed by atoms with Crippen molar-refractivity contribution in [2.24, 2.45) is 5.92 Å². The van der Waals surface area contributed by atoms with Gasteiger partial charge in [0.1, 0.15) is 5.75 Å². The van der Waals surface area contributed by atoms with Gasteiger partial charge in [0.05, 0.1) is 6.61 Å². The second-order valence-electron chi connectivity index (χ2n) is 6.83. The maximum absolute atomic E-state index is 5.87. The number of piperazine rings is 1. The molecular weight excluding hydrogens is 298 g/mol. The second kappa shape index (κ2) is 8.27. The number of benzene rings is 1. The molecule has 1 aromatic heterocycles. The standard InChI is InChI=1S/C20H27N3O/c1-16(2)15-24-19-7-3-5-17(11-19)14-23-10-9-22-13-20(23)18-6-4-8-21-12-18/h3-8,11-12,16,20,22H,9-10,13-15H2,1-2H3. The van der Waals surface area contributed by atoms with Gasteiger partial charge < -0.3 is 10.1 Å². The first kappa shape index (κ1) is 16.9. The Balaban J connectivity index is 1.70. The highest BCUT2D eigenvalue weighted by Crippen LogP contribution is 2.24. The quantitative estimate of drug-likeness (QED) is 0.884. The summed E-state index contributed by atoms with van der Waals surface area (Å²) in [5.74, 6) is 1.51. The first-order chi connectivity index (χ1) is 11.7. The lowest BCUT2D eigenvalue weighted by Crippen LogP contribution is -2.45. The SMILES string of the molecule is CC(C)COc1cccc(CN2CCNCC2c2cccnc2)c1. The molecule has 0 amide bonds. The molecular formula is C20H27N3O. The Labute approximate surface area is 144 Å². The van der Waals surface area contributed by atoms with Crippen molar-refractivity contribution in [2.45, 2.75) is 26.4 Å². The predicted molar refractivity (Wildman–Crippen MR) is 97.0 cm³/mol. The van der Waals surface area contributed by atoms with E-state index in [1.807, 2.05) is 24.5 Å². The smallest absolute Gasteiger partial charge is 0.119 e. The van der Waals surface area contributed by atoms with Gasteiger partial charge in [-0.25, -0.2) is 0 Å². The third-order valence-corrected chi connectivity index (χ3v) is 4.29. The number of pyridine rings is 1. The van der Waals surface area contributed by atoms with Crippen LogP contribution in [0.4, 0.5) is 0 Å². The van der Waals surface area contributed by atoms with Gasteiger partial charge in [0.15, 0.2) is 0 Å². The predicted octanol–water partition coefficient (Wildman–Crippen LogP) is 3.26. The number of hydrogen-bond donors (Lipinski definition) is 1. The Morgan fingerprint density at radius 1 is 1.29 bits per heavy atom. The van der Waals surface area contributed by atoms with Gasteiger partial charge in [0.2, 0.25) is 0 Å². The molecule has 2 heterocycles. The minimum absolute atomic E-state index is 0.368. The van der Waals surface area contributed by atoms with E-state index in [-0.39, 0.29) is 0 Å². The molecule has 3 rings (SSSR count). The number of nitrogens with one attached hydrogen (secondary N) is 1. The van der Waals surface area contributed by atoms with E-state index >= 15 is 0 Å². The van der Waals surface area contributed by atoms with Crippen LogP contribution in [0.25, 0.3) is 0 Å². The summed E-state index contributed by atoms with van der Waals surface area (Å²) in [5, 5.41) is 3.50. The summed E-state index contributed by atoms with van der Waals surface area (Å²) >= 11 is 0. The molecule has 4 heteroatoms. The van der Waals surface area contributed by atoms with E-state index in [4.69, 9.17) is 4.74 Å². The molecule has 1 N–H and O–H groups in total. The first-order valence-corrected chi connectivity index (χ1v) is 8.79. The van der Waals surface area contributed by atoms with Crippen LogP contribution in [0.3, 0.4) is 0 Å². The van der Waals surface area contributed by atoms with Crippen LogP contribution in [-0.2, 0) is 6.54 Å². The molecule has 1 aliphatic rings. The zero-order valence-corrected chi connectivity index (χ0v) is 14.6. The first-order valence-electron chi connectivity index (χ1n) is 8.79. The summed E-state index contributed by atoms with van der Waals surface area (Å²) in [4.78, 5) is 6.80. The molecule has 1 saturated heterocycles. The van der Waals surface area contributed by atoms with Gasteiger partial charge in [0.25, 0.3) is 0 Å². The summed E-state index contributed by atoms with van der Waals surface area (Å²) in [6.07, 6.45) is 3.81. The van der Waals surface area contributed by atoms with Crippen LogP contribution in [0.2, 0.25) is 0 Å². The molecule has 1 aliphatic heterocycles. The van der Waals surface area contributed by atoms with E-state index < -0.39 is 0 Å². The molecule has 24 heavy (non-hydrogen) atoms. The van der Waals surface area contributed by atoms with Crippen molar-refractivity contribution in [2.75, 3.05) is 26.2 Å². The van der Waals surface area contributed by atoms with Crippen molar-refractivity contribution in [1.82, 2.24) is 15.2 Å². The lowest BCUT2D eigenvalue weighted by atomic mass is 10.0. The van der Waals surface area contributed by atoms with Crippen LogP contribution in [0.1, 0.15) is 31.0 Å². The van der Waals surface area contributed by atoms with Crippen LogP contribution in [0, 0.1) is 5.92 Å². The molecule has 1 fully saturated rings. The van der Waals surface area contributed by atoms with Crippen molar-refractivity contribution in [3.63, 3.8) is 0 Å². The summed E-state index contributed by atoms with van der Waals surface area (Å²) < 4.78 is 5.87. The number of rotatable bonds is 6. The van der Waals surface area contributed by atoms with Crippen LogP contribution in [0.15, 0.2) is 48.8 Å². The van der Waals surface area contributed by atoms with Gasteiger partial charge in [-0.15, -0.1) is 0 Å². The van der Waals surface area contributed by atoms with E-state index in [0.29, 0.717) is 12.0 Å². The maximum atomic E-state index is 5.87. The molecule has 1 aromatic carbocycles. The van der Waals surface area contributed by atoms with Crippen LogP contribution in [-0.4, -0.2) is 36.1 Å². The molecule has 0 spiro atoms. The molecule has 1 unspecified atom stereocenters. The van der Waals surface area contributed by atoms with Crippen molar-refractivity contribution in [3.8, 4) is 5.75 Å². The third-order valence-electron chi connectivity index (χ3n) is 4.29. The van der Waals surface area contributed by atoms with E-state index in [2.05, 4.69) is 53.3 Å². The Morgan fingerprint density at radius 2 is 2.21 bits per heavy atom. The molecule has 0 aliphatic carbocycles. The topological polar surface area (TPSA) is 37.4 Å². The summed E-state index contributed by atoms with van der Waals surface area (Å²) in [5.41, 5.74) is 2.57. The molecule has 2 aromatic rings. The average molecular weight is 325 g/mol. The Kier molecular flexibility index (Phi) is 5.83. The number of ether oxygens (including phenoxy) is 1. The van der Waals surface area contributed by atoms with E-state index in [0.717, 1.165) is 38.5 Å². The van der Waals surface area contributed by atoms with Gasteiger partial charge in [-0.1, -0.05) is 32.0 Å².